The predicted molar refractivity (Wildman–Crippen MR) is 80.4 cm³/mol. The minimum Gasteiger partial charge on any atom is -0.465 e. The number of rotatable bonds is 6. The van der Waals surface area contributed by atoms with Crippen molar-refractivity contribution in [2.45, 2.75) is 45.4 Å². The maximum atomic E-state index is 12.9. The van der Waals surface area contributed by atoms with E-state index in [0.717, 1.165) is 17.1 Å². The van der Waals surface area contributed by atoms with Crippen molar-refractivity contribution in [3.8, 4) is 0 Å². The first-order valence-electron chi connectivity index (χ1n) is 7.21. The average molecular weight is 291 g/mol. The quantitative estimate of drug-likeness (QED) is 0.848. The van der Waals surface area contributed by atoms with E-state index >= 15 is 0 Å². The molecule has 0 saturated heterocycles. The minimum absolute atomic E-state index is 0.0779. The Morgan fingerprint density at radius 3 is 2.38 bits per heavy atom. The average Bonchev–Trinajstić information content (AvgIpc) is 2.86. The number of nitrogens with one attached hydrogen (secondary N) is 1. The Balaban J connectivity index is 1.88. The van der Waals surface area contributed by atoms with Crippen molar-refractivity contribution >= 4 is 0 Å². The van der Waals surface area contributed by atoms with Crippen LogP contribution in [0.4, 0.5) is 4.39 Å². The molecule has 1 heterocycles. The topological polar surface area (TPSA) is 45.4 Å². The van der Waals surface area contributed by atoms with Gasteiger partial charge in [-0.3, -0.25) is 0 Å². The third-order valence-corrected chi connectivity index (χ3v) is 3.55. The number of hydrogen-bond acceptors (Lipinski definition) is 3. The van der Waals surface area contributed by atoms with E-state index < -0.39 is 6.10 Å². The molecule has 21 heavy (non-hydrogen) atoms. The Kier molecular flexibility index (Phi) is 5.15. The summed E-state index contributed by atoms with van der Waals surface area (Å²) < 4.78 is 18.5. The molecule has 0 spiro atoms. The maximum absolute atomic E-state index is 12.9. The van der Waals surface area contributed by atoms with Crippen LogP contribution in [-0.2, 0) is 0 Å². The van der Waals surface area contributed by atoms with Crippen LogP contribution in [0.3, 0.4) is 0 Å². The van der Waals surface area contributed by atoms with E-state index in [1.807, 2.05) is 32.9 Å². The zero-order valence-corrected chi connectivity index (χ0v) is 12.6. The van der Waals surface area contributed by atoms with Crippen LogP contribution in [0.2, 0.25) is 0 Å². The molecule has 0 saturated carbocycles. The third kappa shape index (κ3) is 4.41. The van der Waals surface area contributed by atoms with Crippen molar-refractivity contribution in [1.29, 1.82) is 0 Å². The molecule has 0 amide bonds. The summed E-state index contributed by atoms with van der Waals surface area (Å²) in [5, 5.41) is 13.6. The first-order chi connectivity index (χ1) is 9.95. The maximum Gasteiger partial charge on any atom is 0.123 e. The summed E-state index contributed by atoms with van der Waals surface area (Å²) in [6.45, 7) is 5.95. The number of furan rings is 1. The first-order valence-corrected chi connectivity index (χ1v) is 7.21. The van der Waals surface area contributed by atoms with E-state index in [9.17, 15) is 9.50 Å². The summed E-state index contributed by atoms with van der Waals surface area (Å²) >= 11 is 0. The van der Waals surface area contributed by atoms with E-state index in [2.05, 4.69) is 5.32 Å². The molecule has 0 aliphatic carbocycles. The van der Waals surface area contributed by atoms with Gasteiger partial charge in [0.25, 0.3) is 0 Å². The third-order valence-electron chi connectivity index (χ3n) is 3.55. The molecular weight excluding hydrogens is 269 g/mol. The van der Waals surface area contributed by atoms with Crippen molar-refractivity contribution in [1.82, 2.24) is 5.32 Å². The Morgan fingerprint density at radius 1 is 1.14 bits per heavy atom. The van der Waals surface area contributed by atoms with E-state index in [-0.39, 0.29) is 17.9 Å². The molecule has 0 aliphatic heterocycles. The highest BCUT2D eigenvalue weighted by Gasteiger charge is 2.16. The molecule has 0 fully saturated rings. The van der Waals surface area contributed by atoms with Gasteiger partial charge in [-0.05, 0) is 57.0 Å². The van der Waals surface area contributed by atoms with Crippen LogP contribution < -0.4 is 5.32 Å². The second-order valence-electron chi connectivity index (χ2n) is 5.54. The first kappa shape index (κ1) is 15.7. The van der Waals surface area contributed by atoms with Crippen LogP contribution in [-0.4, -0.2) is 11.1 Å². The van der Waals surface area contributed by atoms with Gasteiger partial charge in [0, 0.05) is 6.04 Å². The summed E-state index contributed by atoms with van der Waals surface area (Å²) in [5.74, 6) is 1.48. The summed E-state index contributed by atoms with van der Waals surface area (Å²) in [4.78, 5) is 0. The molecule has 1 aromatic heterocycles. The molecule has 3 atom stereocenters. The van der Waals surface area contributed by atoms with Gasteiger partial charge in [0.2, 0.25) is 0 Å². The lowest BCUT2D eigenvalue weighted by Crippen LogP contribution is -2.30. The van der Waals surface area contributed by atoms with Crippen LogP contribution in [0.1, 0.15) is 49.5 Å². The van der Waals surface area contributed by atoms with Gasteiger partial charge in [-0.2, -0.15) is 0 Å². The fraction of sp³-hybridized carbons (Fsp3) is 0.412. The second kappa shape index (κ2) is 6.87. The molecule has 4 heteroatoms. The minimum atomic E-state index is -0.612. The molecule has 2 rings (SSSR count). The van der Waals surface area contributed by atoms with Crippen LogP contribution in [0.5, 0.6) is 0 Å². The highest BCUT2D eigenvalue weighted by Crippen LogP contribution is 2.21. The largest absolute Gasteiger partial charge is 0.465 e. The molecule has 2 aromatic rings. The van der Waals surface area contributed by atoms with Gasteiger partial charge in [-0.25, -0.2) is 4.39 Å². The van der Waals surface area contributed by atoms with Crippen molar-refractivity contribution in [3.05, 3.63) is 59.3 Å². The van der Waals surface area contributed by atoms with Crippen LogP contribution >= 0.6 is 0 Å². The Hall–Kier alpha value is -1.65. The van der Waals surface area contributed by atoms with Gasteiger partial charge < -0.3 is 14.8 Å². The van der Waals surface area contributed by atoms with Crippen molar-refractivity contribution < 1.29 is 13.9 Å². The van der Waals surface area contributed by atoms with Gasteiger partial charge in [0.15, 0.2) is 0 Å². The Morgan fingerprint density at radius 2 is 1.81 bits per heavy atom. The van der Waals surface area contributed by atoms with Gasteiger partial charge in [0.05, 0.1) is 12.1 Å². The van der Waals surface area contributed by atoms with Crippen molar-refractivity contribution in [2.75, 3.05) is 0 Å². The van der Waals surface area contributed by atoms with Gasteiger partial charge in [-0.1, -0.05) is 12.1 Å². The van der Waals surface area contributed by atoms with E-state index in [1.54, 1.807) is 12.1 Å². The monoisotopic (exact) mass is 291 g/mol. The highest BCUT2D eigenvalue weighted by molar-refractivity contribution is 5.18. The number of halogens is 1. The fourth-order valence-corrected chi connectivity index (χ4v) is 2.42. The molecular formula is C17H22FNO2. The lowest BCUT2D eigenvalue weighted by Gasteiger charge is -2.21. The van der Waals surface area contributed by atoms with Crippen LogP contribution in [0, 0.1) is 12.7 Å². The van der Waals surface area contributed by atoms with Gasteiger partial charge >= 0.3 is 0 Å². The number of aliphatic hydroxyl groups excluding tert-OH is 1. The highest BCUT2D eigenvalue weighted by atomic mass is 19.1. The second-order valence-corrected chi connectivity index (χ2v) is 5.54. The normalized spacial score (nSPS) is 15.7. The predicted octanol–water partition coefficient (Wildman–Crippen LogP) is 3.89. The Bertz CT molecular complexity index is 564. The van der Waals surface area contributed by atoms with Crippen LogP contribution in [0.15, 0.2) is 40.8 Å². The zero-order chi connectivity index (χ0) is 15.4. The summed E-state index contributed by atoms with van der Waals surface area (Å²) in [6, 6.07) is 10.0. The van der Waals surface area contributed by atoms with Crippen molar-refractivity contribution in [3.63, 3.8) is 0 Å². The van der Waals surface area contributed by atoms with Gasteiger partial charge in [-0.15, -0.1) is 0 Å². The Labute approximate surface area is 124 Å². The molecule has 3 nitrogen and oxygen atoms in total. The lowest BCUT2D eigenvalue weighted by molar-refractivity contribution is 0.151. The van der Waals surface area contributed by atoms with Crippen LogP contribution in [0.25, 0.3) is 0 Å². The molecule has 3 unspecified atom stereocenters. The number of benzene rings is 1. The molecule has 0 radical (unpaired) electrons. The smallest absolute Gasteiger partial charge is 0.123 e. The summed E-state index contributed by atoms with van der Waals surface area (Å²) in [7, 11) is 0. The van der Waals surface area contributed by atoms with E-state index in [1.165, 1.54) is 12.1 Å². The molecule has 0 bridgehead atoms. The van der Waals surface area contributed by atoms with E-state index in [0.29, 0.717) is 6.42 Å². The lowest BCUT2D eigenvalue weighted by atomic mass is 10.0. The number of aliphatic hydroxyl groups is 1. The number of aryl methyl sites for hydroxylation is 1. The number of hydrogen-bond donors (Lipinski definition) is 2. The molecule has 114 valence electrons. The van der Waals surface area contributed by atoms with Crippen molar-refractivity contribution in [2.24, 2.45) is 0 Å². The standard InChI is InChI=1S/C17H22FNO2/c1-11(19-13(3)17-9-4-12(2)21-17)10-16(20)14-5-7-15(18)8-6-14/h4-9,11,13,16,19-20H,10H2,1-3H3. The summed E-state index contributed by atoms with van der Waals surface area (Å²) in [6.07, 6.45) is -0.0611. The van der Waals surface area contributed by atoms with Gasteiger partial charge in [0.1, 0.15) is 17.3 Å². The summed E-state index contributed by atoms with van der Waals surface area (Å²) in [5.41, 5.74) is 0.728. The molecule has 0 aliphatic rings. The zero-order valence-electron chi connectivity index (χ0n) is 12.6. The fourth-order valence-electron chi connectivity index (χ4n) is 2.42. The SMILES string of the molecule is Cc1ccc(C(C)NC(C)CC(O)c2ccc(F)cc2)o1. The molecule has 2 N–H and O–H groups in total. The van der Waals surface area contributed by atoms with E-state index in [4.69, 9.17) is 4.42 Å². The molecule has 1 aromatic carbocycles.